The van der Waals surface area contributed by atoms with E-state index < -0.39 is 0 Å². The van der Waals surface area contributed by atoms with E-state index in [0.29, 0.717) is 27.1 Å². The van der Waals surface area contributed by atoms with Crippen LogP contribution in [0.4, 0.5) is 5.13 Å². The van der Waals surface area contributed by atoms with Crippen molar-refractivity contribution in [1.82, 2.24) is 4.98 Å². The van der Waals surface area contributed by atoms with Crippen LogP contribution in [0.3, 0.4) is 0 Å². The van der Waals surface area contributed by atoms with Gasteiger partial charge in [-0.15, -0.1) is 0 Å². The Balaban J connectivity index is 2.08. The second-order valence-corrected chi connectivity index (χ2v) is 5.50. The minimum atomic E-state index is -0.376. The van der Waals surface area contributed by atoms with Gasteiger partial charge in [0, 0.05) is 5.02 Å². The van der Waals surface area contributed by atoms with Crippen LogP contribution >= 0.6 is 22.9 Å². The molecular formula is C14H14ClN3O2S. The average Bonchev–Trinajstić information content (AvgIpc) is 2.92. The maximum absolute atomic E-state index is 11.6. The van der Waals surface area contributed by atoms with Crippen molar-refractivity contribution < 1.29 is 9.53 Å². The number of anilines is 1. The summed E-state index contributed by atoms with van der Waals surface area (Å²) in [6, 6.07) is 7.28. The molecule has 7 heteroatoms. The summed E-state index contributed by atoms with van der Waals surface area (Å²) in [7, 11) is 1.35. The Morgan fingerprint density at radius 3 is 2.81 bits per heavy atom. The lowest BCUT2D eigenvalue weighted by Gasteiger charge is -1.95. The zero-order chi connectivity index (χ0) is 15.2. The molecule has 0 spiro atoms. The molecule has 0 aliphatic rings. The fourth-order valence-electron chi connectivity index (χ4n) is 1.60. The molecule has 1 heterocycles. The first-order valence-electron chi connectivity index (χ1n) is 6.26. The first-order chi connectivity index (χ1) is 10.1. The van der Waals surface area contributed by atoms with Gasteiger partial charge in [0.05, 0.1) is 19.0 Å². The molecule has 1 aromatic carbocycles. The highest BCUT2D eigenvalue weighted by Gasteiger charge is 2.17. The van der Waals surface area contributed by atoms with Crippen LogP contribution < -0.4 is 5.43 Å². The summed E-state index contributed by atoms with van der Waals surface area (Å²) in [6.07, 6.45) is 2.31. The molecule has 0 bridgehead atoms. The highest BCUT2D eigenvalue weighted by molar-refractivity contribution is 7.17. The van der Waals surface area contributed by atoms with Crippen LogP contribution in [0.1, 0.15) is 27.9 Å². The lowest BCUT2D eigenvalue weighted by molar-refractivity contribution is 0.0605. The molecule has 2 aromatic rings. The van der Waals surface area contributed by atoms with Gasteiger partial charge in [0.1, 0.15) is 4.88 Å². The standard InChI is InChI=1S/C14H14ClN3O2S/c1-3-11-12(13(19)20-2)21-14(17-11)18-16-8-9-4-6-10(15)7-5-9/h4-8H,3H2,1-2H3,(H,17,18)/b16-8-. The van der Waals surface area contributed by atoms with Gasteiger partial charge >= 0.3 is 5.97 Å². The van der Waals surface area contributed by atoms with Crippen molar-refractivity contribution in [2.45, 2.75) is 13.3 Å². The second-order valence-electron chi connectivity index (χ2n) is 4.06. The number of halogens is 1. The molecule has 21 heavy (non-hydrogen) atoms. The minimum Gasteiger partial charge on any atom is -0.465 e. The quantitative estimate of drug-likeness (QED) is 0.519. The molecule has 1 aromatic heterocycles. The van der Waals surface area contributed by atoms with Crippen LogP contribution in [-0.4, -0.2) is 24.3 Å². The first kappa shape index (κ1) is 15.5. The Hall–Kier alpha value is -1.92. The number of hydrogen-bond acceptors (Lipinski definition) is 6. The predicted octanol–water partition coefficient (Wildman–Crippen LogP) is 3.59. The number of methoxy groups -OCH3 is 1. The summed E-state index contributed by atoms with van der Waals surface area (Å²) in [5.41, 5.74) is 4.43. The zero-order valence-electron chi connectivity index (χ0n) is 11.6. The number of hydrogen-bond donors (Lipinski definition) is 1. The largest absolute Gasteiger partial charge is 0.465 e. The van der Waals surface area contributed by atoms with Gasteiger partial charge in [-0.2, -0.15) is 5.10 Å². The normalized spacial score (nSPS) is 10.8. The maximum atomic E-state index is 11.6. The summed E-state index contributed by atoms with van der Waals surface area (Å²) in [4.78, 5) is 16.4. The number of nitrogens with one attached hydrogen (secondary N) is 1. The van der Waals surface area contributed by atoms with Crippen LogP contribution in [-0.2, 0) is 11.2 Å². The molecule has 0 saturated heterocycles. The first-order valence-corrected chi connectivity index (χ1v) is 7.46. The topological polar surface area (TPSA) is 63.6 Å². The maximum Gasteiger partial charge on any atom is 0.350 e. The van der Waals surface area contributed by atoms with E-state index in [1.807, 2.05) is 19.1 Å². The van der Waals surface area contributed by atoms with Crippen molar-refractivity contribution in [1.29, 1.82) is 0 Å². The zero-order valence-corrected chi connectivity index (χ0v) is 13.2. The fraction of sp³-hybridized carbons (Fsp3) is 0.214. The molecule has 0 aliphatic carbocycles. The third kappa shape index (κ3) is 4.03. The highest BCUT2D eigenvalue weighted by Crippen LogP contribution is 2.24. The number of ether oxygens (including phenoxy) is 1. The van der Waals surface area contributed by atoms with Crippen LogP contribution in [0.15, 0.2) is 29.4 Å². The second kappa shape index (κ2) is 7.19. The molecular weight excluding hydrogens is 310 g/mol. The van der Waals surface area contributed by atoms with Crippen LogP contribution in [0.25, 0.3) is 0 Å². The summed E-state index contributed by atoms with van der Waals surface area (Å²) in [5, 5.41) is 5.32. The van der Waals surface area contributed by atoms with E-state index in [1.54, 1.807) is 18.3 Å². The number of esters is 1. The van der Waals surface area contributed by atoms with E-state index >= 15 is 0 Å². The smallest absolute Gasteiger partial charge is 0.350 e. The van der Waals surface area contributed by atoms with E-state index in [1.165, 1.54) is 18.4 Å². The SMILES string of the molecule is CCc1nc(N/N=C\c2ccc(Cl)cc2)sc1C(=O)OC. The molecule has 0 atom stereocenters. The number of rotatable bonds is 5. The fourth-order valence-corrected chi connectivity index (χ4v) is 2.65. The van der Waals surface area contributed by atoms with Gasteiger partial charge in [0.2, 0.25) is 5.13 Å². The summed E-state index contributed by atoms with van der Waals surface area (Å²) >= 11 is 7.03. The van der Waals surface area contributed by atoms with Crippen molar-refractivity contribution >= 4 is 40.3 Å². The number of thiazole rings is 1. The number of aromatic nitrogens is 1. The van der Waals surface area contributed by atoms with Gasteiger partial charge in [-0.05, 0) is 24.1 Å². The van der Waals surface area contributed by atoms with Crippen LogP contribution in [0.5, 0.6) is 0 Å². The van der Waals surface area contributed by atoms with E-state index in [2.05, 4.69) is 15.5 Å². The van der Waals surface area contributed by atoms with Gasteiger partial charge in [-0.25, -0.2) is 9.78 Å². The van der Waals surface area contributed by atoms with Crippen molar-refractivity contribution in [2.75, 3.05) is 12.5 Å². The Kier molecular flexibility index (Phi) is 5.30. The van der Waals surface area contributed by atoms with Crippen molar-refractivity contribution in [3.8, 4) is 0 Å². The van der Waals surface area contributed by atoms with Gasteiger partial charge in [-0.3, -0.25) is 5.43 Å². The Morgan fingerprint density at radius 1 is 1.48 bits per heavy atom. The number of aryl methyl sites for hydroxylation is 1. The average molecular weight is 324 g/mol. The number of nitrogens with zero attached hydrogens (tertiary/aromatic N) is 2. The molecule has 0 radical (unpaired) electrons. The van der Waals surface area contributed by atoms with Crippen molar-refractivity contribution in [3.63, 3.8) is 0 Å². The molecule has 0 aliphatic heterocycles. The Morgan fingerprint density at radius 2 is 2.19 bits per heavy atom. The predicted molar refractivity (Wildman–Crippen MR) is 85.5 cm³/mol. The Labute approximate surface area is 131 Å². The lowest BCUT2D eigenvalue weighted by Crippen LogP contribution is -2.01. The number of hydrazone groups is 1. The third-order valence-electron chi connectivity index (χ3n) is 2.65. The monoisotopic (exact) mass is 323 g/mol. The number of carbonyl (C=O) groups is 1. The van der Waals surface area contributed by atoms with E-state index in [9.17, 15) is 4.79 Å². The molecule has 0 fully saturated rings. The summed E-state index contributed by atoms with van der Waals surface area (Å²) in [6.45, 7) is 1.93. The van der Waals surface area contributed by atoms with Crippen LogP contribution in [0.2, 0.25) is 5.02 Å². The van der Waals surface area contributed by atoms with Gasteiger partial charge in [-0.1, -0.05) is 42.0 Å². The highest BCUT2D eigenvalue weighted by atomic mass is 35.5. The minimum absolute atomic E-state index is 0.376. The van der Waals surface area contributed by atoms with E-state index in [0.717, 1.165) is 5.56 Å². The van der Waals surface area contributed by atoms with Crippen LogP contribution in [0, 0.1) is 0 Å². The van der Waals surface area contributed by atoms with E-state index in [4.69, 9.17) is 16.3 Å². The molecule has 0 amide bonds. The van der Waals surface area contributed by atoms with Crippen molar-refractivity contribution in [2.24, 2.45) is 5.10 Å². The Bertz CT molecular complexity index is 653. The summed E-state index contributed by atoms with van der Waals surface area (Å²) in [5.74, 6) is -0.376. The lowest BCUT2D eigenvalue weighted by atomic mass is 10.2. The van der Waals surface area contributed by atoms with Gasteiger partial charge in [0.15, 0.2) is 0 Å². The van der Waals surface area contributed by atoms with Crippen molar-refractivity contribution in [3.05, 3.63) is 45.4 Å². The summed E-state index contributed by atoms with van der Waals surface area (Å²) < 4.78 is 4.73. The molecule has 110 valence electrons. The molecule has 2 rings (SSSR count). The third-order valence-corrected chi connectivity index (χ3v) is 3.88. The molecule has 0 unspecified atom stereocenters. The van der Waals surface area contributed by atoms with E-state index in [-0.39, 0.29) is 5.97 Å². The van der Waals surface area contributed by atoms with Gasteiger partial charge < -0.3 is 4.74 Å². The molecule has 5 nitrogen and oxygen atoms in total. The van der Waals surface area contributed by atoms with Gasteiger partial charge in [0.25, 0.3) is 0 Å². The molecule has 1 N–H and O–H groups in total. The number of benzene rings is 1. The molecule has 0 saturated carbocycles. The number of carbonyl (C=O) groups excluding carboxylic acids is 1.